The van der Waals surface area contributed by atoms with E-state index in [-0.39, 0.29) is 17.9 Å². The molecule has 0 radical (unpaired) electrons. The van der Waals surface area contributed by atoms with Crippen LogP contribution in [-0.2, 0) is 10.0 Å². The van der Waals surface area contributed by atoms with Crippen LogP contribution in [0.25, 0.3) is 0 Å². The van der Waals surface area contributed by atoms with E-state index in [0.29, 0.717) is 0 Å². The maximum atomic E-state index is 13.2. The van der Waals surface area contributed by atoms with E-state index in [1.165, 1.54) is 13.2 Å². The standard InChI is InChI=1S/C11H13FN2O3S/c1-3-11(7-13)18(15,16)14-9-4-8(12)5-10(6-9)17-2/h4-6,11,14H,3H2,1-2H3. The lowest BCUT2D eigenvalue weighted by Crippen LogP contribution is -2.26. The van der Waals surface area contributed by atoms with E-state index in [4.69, 9.17) is 10.00 Å². The van der Waals surface area contributed by atoms with Crippen LogP contribution in [0.15, 0.2) is 18.2 Å². The van der Waals surface area contributed by atoms with Gasteiger partial charge in [-0.1, -0.05) is 6.92 Å². The number of sulfonamides is 1. The Morgan fingerprint density at radius 2 is 2.17 bits per heavy atom. The zero-order valence-corrected chi connectivity index (χ0v) is 10.8. The van der Waals surface area contributed by atoms with Gasteiger partial charge in [0.05, 0.1) is 18.9 Å². The number of rotatable bonds is 5. The second-order valence-corrected chi connectivity index (χ2v) is 5.42. The first kappa shape index (κ1) is 14.3. The van der Waals surface area contributed by atoms with Gasteiger partial charge in [-0.05, 0) is 12.5 Å². The van der Waals surface area contributed by atoms with E-state index in [0.717, 1.165) is 12.1 Å². The molecule has 0 spiro atoms. The summed E-state index contributed by atoms with van der Waals surface area (Å²) in [6, 6.07) is 5.16. The predicted molar refractivity (Wildman–Crippen MR) is 65.2 cm³/mol. The molecule has 0 bridgehead atoms. The second-order valence-electron chi connectivity index (χ2n) is 3.55. The summed E-state index contributed by atoms with van der Waals surface area (Å²) in [5.74, 6) is -0.435. The summed E-state index contributed by atoms with van der Waals surface area (Å²) in [6.45, 7) is 1.58. The van der Waals surface area contributed by atoms with Crippen LogP contribution in [0.3, 0.4) is 0 Å². The Kier molecular flexibility index (Phi) is 4.50. The summed E-state index contributed by atoms with van der Waals surface area (Å²) in [6.07, 6.45) is 0.151. The molecule has 98 valence electrons. The van der Waals surface area contributed by atoms with Crippen molar-refractivity contribution in [2.75, 3.05) is 11.8 Å². The van der Waals surface area contributed by atoms with Gasteiger partial charge in [0, 0.05) is 12.1 Å². The van der Waals surface area contributed by atoms with Crippen LogP contribution >= 0.6 is 0 Å². The Bertz CT molecular complexity index is 566. The summed E-state index contributed by atoms with van der Waals surface area (Å²) in [5, 5.41) is 7.55. The maximum absolute atomic E-state index is 13.2. The van der Waals surface area contributed by atoms with Gasteiger partial charge in [0.1, 0.15) is 11.6 Å². The van der Waals surface area contributed by atoms with E-state index in [1.807, 2.05) is 0 Å². The molecule has 18 heavy (non-hydrogen) atoms. The van der Waals surface area contributed by atoms with Gasteiger partial charge < -0.3 is 4.74 Å². The van der Waals surface area contributed by atoms with E-state index >= 15 is 0 Å². The molecule has 0 aromatic heterocycles. The van der Waals surface area contributed by atoms with E-state index in [1.54, 1.807) is 13.0 Å². The molecule has 0 fully saturated rings. The minimum Gasteiger partial charge on any atom is -0.497 e. The topological polar surface area (TPSA) is 79.2 Å². The molecule has 1 aromatic carbocycles. The summed E-state index contributed by atoms with van der Waals surface area (Å²) in [4.78, 5) is 0. The fourth-order valence-electron chi connectivity index (χ4n) is 1.35. The first-order valence-corrected chi connectivity index (χ1v) is 6.73. The molecule has 1 atom stereocenters. The third kappa shape index (κ3) is 3.34. The van der Waals surface area contributed by atoms with E-state index < -0.39 is 21.1 Å². The molecule has 0 aliphatic rings. The quantitative estimate of drug-likeness (QED) is 0.887. The first-order chi connectivity index (χ1) is 8.42. The number of halogens is 1. The van der Waals surface area contributed by atoms with Crippen LogP contribution in [-0.4, -0.2) is 20.8 Å². The molecule has 0 amide bonds. The highest BCUT2D eigenvalue weighted by Gasteiger charge is 2.23. The van der Waals surface area contributed by atoms with Crippen LogP contribution in [0.5, 0.6) is 5.75 Å². The molecule has 0 aliphatic carbocycles. The molecular formula is C11H13FN2O3S. The van der Waals surface area contributed by atoms with Crippen molar-refractivity contribution in [3.8, 4) is 11.8 Å². The Labute approximate surface area is 105 Å². The zero-order chi connectivity index (χ0) is 13.8. The first-order valence-electron chi connectivity index (χ1n) is 5.18. The molecule has 1 N–H and O–H groups in total. The van der Waals surface area contributed by atoms with Crippen molar-refractivity contribution in [2.24, 2.45) is 0 Å². The van der Waals surface area contributed by atoms with Crippen molar-refractivity contribution in [1.29, 1.82) is 5.26 Å². The highest BCUT2D eigenvalue weighted by Crippen LogP contribution is 2.21. The summed E-state index contributed by atoms with van der Waals surface area (Å²) < 4.78 is 43.7. The van der Waals surface area contributed by atoms with Gasteiger partial charge in [0.25, 0.3) is 0 Å². The molecule has 0 saturated carbocycles. The summed E-state index contributed by atoms with van der Waals surface area (Å²) in [7, 11) is -2.51. The predicted octanol–water partition coefficient (Wildman–Crippen LogP) is 1.88. The highest BCUT2D eigenvalue weighted by molar-refractivity contribution is 7.93. The second kappa shape index (κ2) is 5.69. The van der Waals surface area contributed by atoms with Gasteiger partial charge in [0.15, 0.2) is 5.25 Å². The Hall–Kier alpha value is -1.81. The lowest BCUT2D eigenvalue weighted by molar-refractivity contribution is 0.411. The number of hydrogen-bond acceptors (Lipinski definition) is 4. The number of nitriles is 1. The number of benzene rings is 1. The highest BCUT2D eigenvalue weighted by atomic mass is 32.2. The fourth-order valence-corrected chi connectivity index (χ4v) is 2.52. The smallest absolute Gasteiger partial charge is 0.249 e. The number of hydrogen-bond donors (Lipinski definition) is 1. The number of methoxy groups -OCH3 is 1. The van der Waals surface area contributed by atoms with E-state index in [2.05, 4.69) is 4.72 Å². The monoisotopic (exact) mass is 272 g/mol. The maximum Gasteiger partial charge on any atom is 0.249 e. The molecule has 7 heteroatoms. The third-order valence-corrected chi connectivity index (χ3v) is 3.96. The number of nitrogens with zero attached hydrogens (tertiary/aromatic N) is 1. The van der Waals surface area contributed by atoms with Crippen LogP contribution in [0.2, 0.25) is 0 Å². The van der Waals surface area contributed by atoms with Crippen molar-refractivity contribution in [1.82, 2.24) is 0 Å². The largest absolute Gasteiger partial charge is 0.497 e. The molecule has 0 heterocycles. The van der Waals surface area contributed by atoms with Gasteiger partial charge in [-0.3, -0.25) is 4.72 Å². The van der Waals surface area contributed by atoms with Crippen molar-refractivity contribution < 1.29 is 17.5 Å². The third-order valence-electron chi connectivity index (χ3n) is 2.26. The lowest BCUT2D eigenvalue weighted by Gasteiger charge is -2.12. The molecule has 0 saturated heterocycles. The molecule has 1 unspecified atom stereocenters. The van der Waals surface area contributed by atoms with Gasteiger partial charge in [0.2, 0.25) is 10.0 Å². The van der Waals surface area contributed by atoms with Gasteiger partial charge >= 0.3 is 0 Å². The van der Waals surface area contributed by atoms with Crippen molar-refractivity contribution in [3.05, 3.63) is 24.0 Å². The minimum absolute atomic E-state index is 0.0283. The van der Waals surface area contributed by atoms with Gasteiger partial charge in [-0.25, -0.2) is 12.8 Å². The molecule has 5 nitrogen and oxygen atoms in total. The molecule has 0 aliphatic heterocycles. The molecular weight excluding hydrogens is 259 g/mol. The van der Waals surface area contributed by atoms with Crippen LogP contribution < -0.4 is 9.46 Å². The SMILES string of the molecule is CCC(C#N)S(=O)(=O)Nc1cc(F)cc(OC)c1. The van der Waals surface area contributed by atoms with Gasteiger partial charge in [-0.2, -0.15) is 5.26 Å². The molecule has 1 rings (SSSR count). The summed E-state index contributed by atoms with van der Waals surface area (Å²) >= 11 is 0. The van der Waals surface area contributed by atoms with Crippen molar-refractivity contribution in [3.63, 3.8) is 0 Å². The Morgan fingerprint density at radius 1 is 1.50 bits per heavy atom. The van der Waals surface area contributed by atoms with Crippen molar-refractivity contribution in [2.45, 2.75) is 18.6 Å². The fraction of sp³-hybridized carbons (Fsp3) is 0.364. The van der Waals surface area contributed by atoms with Crippen molar-refractivity contribution >= 4 is 15.7 Å². The average molecular weight is 272 g/mol. The number of anilines is 1. The van der Waals surface area contributed by atoms with Crippen LogP contribution in [0.1, 0.15) is 13.3 Å². The number of nitrogens with one attached hydrogen (secondary N) is 1. The van der Waals surface area contributed by atoms with Crippen LogP contribution in [0.4, 0.5) is 10.1 Å². The Balaban J connectivity index is 3.05. The van der Waals surface area contributed by atoms with Gasteiger partial charge in [-0.15, -0.1) is 0 Å². The summed E-state index contributed by atoms with van der Waals surface area (Å²) in [5.41, 5.74) is 0.0283. The lowest BCUT2D eigenvalue weighted by atomic mass is 10.3. The Morgan fingerprint density at radius 3 is 2.67 bits per heavy atom. The zero-order valence-electron chi connectivity index (χ0n) is 9.97. The minimum atomic E-state index is -3.85. The van der Waals surface area contributed by atoms with Crippen LogP contribution in [0, 0.1) is 17.1 Å². The average Bonchev–Trinajstić information content (AvgIpc) is 2.28. The van der Waals surface area contributed by atoms with E-state index in [9.17, 15) is 12.8 Å². The molecule has 1 aromatic rings. The number of ether oxygens (including phenoxy) is 1. The normalized spacial score (nSPS) is 12.6.